The molecule has 0 aromatic heterocycles. The van der Waals surface area contributed by atoms with Crippen LogP contribution in [0.25, 0.3) is 16.8 Å². The summed E-state index contributed by atoms with van der Waals surface area (Å²) in [6.45, 7) is 0. The van der Waals surface area contributed by atoms with Gasteiger partial charge in [-0.1, -0.05) is 72.8 Å². The van der Waals surface area contributed by atoms with Crippen molar-refractivity contribution in [3.05, 3.63) is 114 Å². The standard InChI is InChI=1S/C25H18O2/c26-21-13-11-18-12-14-24-22(23(18)17-21)15-16-25(27-24,19-7-3-1-4-8-19)20-9-5-2-6-10-20/h1-17,26H. The molecule has 0 spiro atoms. The number of phenols is 1. The number of aromatic hydroxyl groups is 1. The van der Waals surface area contributed by atoms with Gasteiger partial charge in [-0.25, -0.2) is 0 Å². The highest BCUT2D eigenvalue weighted by Crippen LogP contribution is 2.44. The third-order valence-electron chi connectivity index (χ3n) is 5.17. The SMILES string of the molecule is Oc1ccc2ccc3c(c2c1)C=CC(c1ccccc1)(c1ccccc1)O3. The molecule has 0 fully saturated rings. The van der Waals surface area contributed by atoms with Crippen molar-refractivity contribution >= 4 is 16.8 Å². The van der Waals surface area contributed by atoms with Crippen molar-refractivity contribution in [2.75, 3.05) is 0 Å². The average molecular weight is 350 g/mol. The zero-order valence-electron chi connectivity index (χ0n) is 14.7. The van der Waals surface area contributed by atoms with E-state index >= 15 is 0 Å². The summed E-state index contributed by atoms with van der Waals surface area (Å²) in [6.07, 6.45) is 4.23. The average Bonchev–Trinajstić information content (AvgIpc) is 2.74. The molecule has 1 aliphatic rings. The number of phenolic OH excluding ortho intramolecular Hbond substituents is 1. The van der Waals surface area contributed by atoms with Gasteiger partial charge in [-0.05, 0) is 41.1 Å². The Morgan fingerprint density at radius 2 is 1.33 bits per heavy atom. The molecular weight excluding hydrogens is 332 g/mol. The van der Waals surface area contributed by atoms with Gasteiger partial charge in [0, 0.05) is 16.7 Å². The molecule has 4 aromatic carbocycles. The monoisotopic (exact) mass is 350 g/mol. The lowest BCUT2D eigenvalue weighted by Crippen LogP contribution is -2.34. The van der Waals surface area contributed by atoms with Gasteiger partial charge in [0.05, 0.1) is 0 Å². The van der Waals surface area contributed by atoms with Crippen LogP contribution in [0.5, 0.6) is 11.5 Å². The van der Waals surface area contributed by atoms with Gasteiger partial charge < -0.3 is 9.84 Å². The number of hydrogen-bond acceptors (Lipinski definition) is 2. The van der Waals surface area contributed by atoms with Crippen molar-refractivity contribution in [1.82, 2.24) is 0 Å². The minimum atomic E-state index is -0.681. The third kappa shape index (κ3) is 2.49. The molecule has 0 amide bonds. The van der Waals surface area contributed by atoms with E-state index in [1.807, 2.05) is 54.6 Å². The fourth-order valence-corrected chi connectivity index (χ4v) is 3.83. The van der Waals surface area contributed by atoms with E-state index in [1.54, 1.807) is 12.1 Å². The predicted octanol–water partition coefficient (Wildman–Crippen LogP) is 5.89. The van der Waals surface area contributed by atoms with E-state index in [1.165, 1.54) is 0 Å². The van der Waals surface area contributed by atoms with Crippen LogP contribution in [0, 0.1) is 0 Å². The van der Waals surface area contributed by atoms with Gasteiger partial charge in [-0.3, -0.25) is 0 Å². The van der Waals surface area contributed by atoms with Gasteiger partial charge >= 0.3 is 0 Å². The zero-order chi connectivity index (χ0) is 18.3. The molecule has 0 aliphatic carbocycles. The molecule has 1 aliphatic heterocycles. The Bertz CT molecular complexity index is 1110. The first-order valence-corrected chi connectivity index (χ1v) is 9.01. The Balaban J connectivity index is 1.75. The normalized spacial score (nSPS) is 14.5. The van der Waals surface area contributed by atoms with Crippen molar-refractivity contribution in [1.29, 1.82) is 0 Å². The Labute approximate surface area is 158 Å². The van der Waals surface area contributed by atoms with Crippen LogP contribution in [0.2, 0.25) is 0 Å². The first kappa shape index (κ1) is 15.7. The van der Waals surface area contributed by atoms with Crippen LogP contribution in [0.1, 0.15) is 16.7 Å². The first-order valence-electron chi connectivity index (χ1n) is 9.01. The van der Waals surface area contributed by atoms with Gasteiger partial charge in [0.1, 0.15) is 11.5 Å². The number of hydrogen-bond donors (Lipinski definition) is 1. The largest absolute Gasteiger partial charge is 0.508 e. The van der Waals surface area contributed by atoms with Gasteiger partial charge in [0.25, 0.3) is 0 Å². The summed E-state index contributed by atoms with van der Waals surface area (Å²) < 4.78 is 6.67. The molecule has 0 bridgehead atoms. The van der Waals surface area contributed by atoms with E-state index in [0.29, 0.717) is 0 Å². The molecule has 0 radical (unpaired) electrons. The summed E-state index contributed by atoms with van der Waals surface area (Å²) in [7, 11) is 0. The smallest absolute Gasteiger partial charge is 0.178 e. The van der Waals surface area contributed by atoms with E-state index in [0.717, 1.165) is 33.2 Å². The third-order valence-corrected chi connectivity index (χ3v) is 5.17. The van der Waals surface area contributed by atoms with Crippen LogP contribution in [-0.4, -0.2) is 5.11 Å². The molecule has 1 heterocycles. The van der Waals surface area contributed by atoms with E-state index in [2.05, 4.69) is 36.4 Å². The van der Waals surface area contributed by atoms with Gasteiger partial charge in [-0.15, -0.1) is 0 Å². The molecule has 27 heavy (non-hydrogen) atoms. The van der Waals surface area contributed by atoms with Crippen molar-refractivity contribution in [2.24, 2.45) is 0 Å². The maximum Gasteiger partial charge on any atom is 0.178 e. The number of rotatable bonds is 2. The minimum absolute atomic E-state index is 0.257. The zero-order valence-corrected chi connectivity index (χ0v) is 14.7. The molecule has 0 atom stereocenters. The van der Waals surface area contributed by atoms with Gasteiger partial charge in [-0.2, -0.15) is 0 Å². The van der Waals surface area contributed by atoms with Gasteiger partial charge in [0.2, 0.25) is 0 Å². The van der Waals surface area contributed by atoms with E-state index in [9.17, 15) is 5.11 Å². The Kier molecular flexibility index (Phi) is 3.51. The summed E-state index contributed by atoms with van der Waals surface area (Å²) in [5.74, 6) is 1.07. The minimum Gasteiger partial charge on any atom is -0.508 e. The molecular formula is C25H18O2. The molecule has 5 rings (SSSR count). The first-order chi connectivity index (χ1) is 13.3. The molecule has 2 nitrogen and oxygen atoms in total. The Hall–Kier alpha value is -3.52. The second kappa shape index (κ2) is 6.03. The lowest BCUT2D eigenvalue weighted by Gasteiger charge is -2.36. The second-order valence-electron chi connectivity index (χ2n) is 6.79. The van der Waals surface area contributed by atoms with Crippen LogP contribution in [-0.2, 0) is 5.60 Å². The van der Waals surface area contributed by atoms with Crippen LogP contribution in [0.3, 0.4) is 0 Å². The lowest BCUT2D eigenvalue weighted by molar-refractivity contribution is 0.161. The van der Waals surface area contributed by atoms with E-state index in [-0.39, 0.29) is 5.75 Å². The summed E-state index contributed by atoms with van der Waals surface area (Å²) in [6, 6.07) is 30.0. The summed E-state index contributed by atoms with van der Waals surface area (Å²) in [4.78, 5) is 0. The molecule has 0 saturated heterocycles. The highest BCUT2D eigenvalue weighted by atomic mass is 16.5. The molecule has 130 valence electrons. The summed E-state index contributed by atoms with van der Waals surface area (Å²) >= 11 is 0. The van der Waals surface area contributed by atoms with Crippen LogP contribution < -0.4 is 4.74 Å². The van der Waals surface area contributed by atoms with Crippen molar-refractivity contribution < 1.29 is 9.84 Å². The maximum atomic E-state index is 9.93. The fourth-order valence-electron chi connectivity index (χ4n) is 3.83. The predicted molar refractivity (Wildman–Crippen MR) is 109 cm³/mol. The number of fused-ring (bicyclic) bond motifs is 3. The highest BCUT2D eigenvalue weighted by Gasteiger charge is 2.37. The molecule has 0 saturated carbocycles. The van der Waals surface area contributed by atoms with E-state index in [4.69, 9.17) is 4.74 Å². The Morgan fingerprint density at radius 1 is 0.704 bits per heavy atom. The molecule has 2 heteroatoms. The quantitative estimate of drug-likeness (QED) is 0.488. The highest BCUT2D eigenvalue weighted by molar-refractivity contribution is 5.94. The fraction of sp³-hybridized carbons (Fsp3) is 0.0400. The van der Waals surface area contributed by atoms with Crippen LogP contribution in [0.15, 0.2) is 97.1 Å². The van der Waals surface area contributed by atoms with Crippen LogP contribution >= 0.6 is 0 Å². The second-order valence-corrected chi connectivity index (χ2v) is 6.79. The van der Waals surface area contributed by atoms with Crippen molar-refractivity contribution in [3.8, 4) is 11.5 Å². The summed E-state index contributed by atoms with van der Waals surface area (Å²) in [5, 5.41) is 12.0. The molecule has 0 unspecified atom stereocenters. The number of ether oxygens (including phenoxy) is 1. The number of benzene rings is 4. The van der Waals surface area contributed by atoms with Crippen molar-refractivity contribution in [2.45, 2.75) is 5.60 Å². The summed E-state index contributed by atoms with van der Waals surface area (Å²) in [5.41, 5.74) is 2.47. The maximum absolute atomic E-state index is 9.93. The molecule has 1 N–H and O–H groups in total. The molecule has 4 aromatic rings. The lowest BCUT2D eigenvalue weighted by atomic mass is 9.83. The van der Waals surface area contributed by atoms with Crippen LogP contribution in [0.4, 0.5) is 0 Å². The van der Waals surface area contributed by atoms with Crippen molar-refractivity contribution in [3.63, 3.8) is 0 Å². The van der Waals surface area contributed by atoms with Gasteiger partial charge in [0.15, 0.2) is 5.60 Å². The van der Waals surface area contributed by atoms with E-state index < -0.39 is 5.60 Å². The topological polar surface area (TPSA) is 29.5 Å². The Morgan fingerprint density at radius 3 is 2.00 bits per heavy atom.